The van der Waals surface area contributed by atoms with Crippen molar-refractivity contribution in [2.45, 2.75) is 123 Å². The Kier molecular flexibility index (Phi) is 25.9. The summed E-state index contributed by atoms with van der Waals surface area (Å²) < 4.78 is 33.1. The normalized spacial score (nSPS) is 14.6. The lowest BCUT2D eigenvalue weighted by Crippen LogP contribution is -2.37. The molecule has 0 radical (unpaired) electrons. The van der Waals surface area contributed by atoms with Gasteiger partial charge in [-0.15, -0.1) is 0 Å². The summed E-state index contributed by atoms with van der Waals surface area (Å²) in [6.45, 7) is 4.36. The molecule has 0 aromatic rings. The minimum absolute atomic E-state index is 0.0224. The molecule has 0 aliphatic rings. The molecule has 0 fully saturated rings. The van der Waals surface area contributed by atoms with Gasteiger partial charge in [-0.25, -0.2) is 0 Å². The summed E-state index contributed by atoms with van der Waals surface area (Å²) in [5, 5.41) is 0. The molecule has 242 valence electrons. The fraction of sp³-hybridized carbons (Fsp3) is 0.844. The molecule has 9 heteroatoms. The maximum absolute atomic E-state index is 12.0. The summed E-state index contributed by atoms with van der Waals surface area (Å²) in [5.41, 5.74) is 0. The summed E-state index contributed by atoms with van der Waals surface area (Å²) in [6, 6.07) is 0. The molecule has 0 aromatic heterocycles. The Morgan fingerprint density at radius 3 is 1.83 bits per heavy atom. The van der Waals surface area contributed by atoms with Gasteiger partial charge in [-0.3, -0.25) is 9.36 Å². The molecule has 0 saturated carbocycles. The summed E-state index contributed by atoms with van der Waals surface area (Å²) >= 11 is 0. The fourth-order valence-electron chi connectivity index (χ4n) is 4.10. The van der Waals surface area contributed by atoms with E-state index in [1.54, 1.807) is 0 Å². The number of rotatable bonds is 29. The van der Waals surface area contributed by atoms with Crippen LogP contribution in [-0.4, -0.2) is 70.7 Å². The van der Waals surface area contributed by atoms with Crippen LogP contribution in [0.25, 0.3) is 0 Å². The van der Waals surface area contributed by atoms with Crippen LogP contribution in [0.4, 0.5) is 0 Å². The first-order valence-electron chi connectivity index (χ1n) is 16.0. The van der Waals surface area contributed by atoms with E-state index in [2.05, 4.69) is 31.2 Å². The first kappa shape index (κ1) is 40.0. The van der Waals surface area contributed by atoms with Crippen molar-refractivity contribution < 1.29 is 37.3 Å². The minimum atomic E-state index is -4.47. The number of esters is 1. The second kappa shape index (κ2) is 26.6. The minimum Gasteiger partial charge on any atom is -0.756 e. The zero-order valence-corrected chi connectivity index (χ0v) is 27.9. The van der Waals surface area contributed by atoms with Crippen LogP contribution >= 0.6 is 7.82 Å². The van der Waals surface area contributed by atoms with Crippen molar-refractivity contribution in [3.63, 3.8) is 0 Å². The van der Waals surface area contributed by atoms with E-state index in [0.717, 1.165) is 19.3 Å². The van der Waals surface area contributed by atoms with Crippen LogP contribution in [0.3, 0.4) is 0 Å². The van der Waals surface area contributed by atoms with Crippen LogP contribution in [0.15, 0.2) is 24.3 Å². The number of carbonyl (C=O) groups is 1. The van der Waals surface area contributed by atoms with E-state index in [0.29, 0.717) is 17.6 Å². The highest BCUT2D eigenvalue weighted by molar-refractivity contribution is 7.45. The summed E-state index contributed by atoms with van der Waals surface area (Å²) in [7, 11) is 1.34. The third-order valence-corrected chi connectivity index (χ3v) is 7.52. The summed E-state index contributed by atoms with van der Waals surface area (Å²) in [5.74, 6) is -0.512. The zero-order valence-electron chi connectivity index (χ0n) is 27.0. The molecule has 2 atom stereocenters. The SMILES string of the molecule is CCCCC/C=C\C/C=C\CCCCCCCCCCCCOCC(COP(=O)([O-])OCC[N+](C)(C)C)OC(C)=O. The lowest BCUT2D eigenvalue weighted by molar-refractivity contribution is -0.870. The third-order valence-electron chi connectivity index (χ3n) is 6.56. The van der Waals surface area contributed by atoms with E-state index in [4.69, 9.17) is 18.5 Å². The largest absolute Gasteiger partial charge is 0.756 e. The average Bonchev–Trinajstić information content (AvgIpc) is 2.89. The van der Waals surface area contributed by atoms with E-state index in [9.17, 15) is 14.3 Å². The predicted molar refractivity (Wildman–Crippen MR) is 167 cm³/mol. The Morgan fingerprint density at radius 2 is 1.29 bits per heavy atom. The van der Waals surface area contributed by atoms with Crippen molar-refractivity contribution in [3.8, 4) is 0 Å². The molecule has 0 saturated heterocycles. The Bertz CT molecular complexity index is 721. The van der Waals surface area contributed by atoms with Gasteiger partial charge >= 0.3 is 5.97 Å². The standard InChI is InChI=1S/C32H62NO7P/c1-6-7-8-9-10-11-12-13-14-15-16-17-18-19-20-21-22-23-24-25-27-37-29-32(40-31(2)34)30-39-41(35,36)38-28-26-33(3,4)5/h10-11,13-14,32H,6-9,12,15-30H2,1-5H3/b11-10-,14-13-. The highest BCUT2D eigenvalue weighted by atomic mass is 31.2. The van der Waals surface area contributed by atoms with Crippen molar-refractivity contribution in [2.24, 2.45) is 0 Å². The first-order valence-corrected chi connectivity index (χ1v) is 17.5. The van der Waals surface area contributed by atoms with Gasteiger partial charge in [0.1, 0.15) is 19.3 Å². The average molecular weight is 604 g/mol. The lowest BCUT2D eigenvalue weighted by atomic mass is 10.1. The number of nitrogens with zero attached hydrogens (tertiary/aromatic N) is 1. The number of phosphoric acid groups is 1. The number of hydrogen-bond acceptors (Lipinski definition) is 7. The van der Waals surface area contributed by atoms with Crippen molar-refractivity contribution >= 4 is 13.8 Å². The number of phosphoric ester groups is 1. The summed E-state index contributed by atoms with van der Waals surface area (Å²) in [6.07, 6.45) is 28.2. The van der Waals surface area contributed by atoms with Crippen molar-refractivity contribution in [1.29, 1.82) is 0 Å². The number of carbonyl (C=O) groups excluding carboxylic acids is 1. The Morgan fingerprint density at radius 1 is 0.756 bits per heavy atom. The van der Waals surface area contributed by atoms with E-state index >= 15 is 0 Å². The van der Waals surface area contributed by atoms with Crippen molar-refractivity contribution in [2.75, 3.05) is 54.1 Å². The van der Waals surface area contributed by atoms with Gasteiger partial charge in [0.25, 0.3) is 7.82 Å². The molecular formula is C32H62NO7P. The molecule has 0 N–H and O–H groups in total. The second-order valence-electron chi connectivity index (χ2n) is 11.9. The van der Waals surface area contributed by atoms with Crippen LogP contribution in [-0.2, 0) is 27.9 Å². The van der Waals surface area contributed by atoms with Crippen LogP contribution < -0.4 is 4.89 Å². The van der Waals surface area contributed by atoms with Gasteiger partial charge in [0, 0.05) is 13.5 Å². The first-order chi connectivity index (χ1) is 19.6. The molecule has 41 heavy (non-hydrogen) atoms. The maximum Gasteiger partial charge on any atom is 0.303 e. The molecule has 0 heterocycles. The number of likely N-dealkylation sites (N-methyl/N-ethyl adjacent to an activating group) is 1. The third kappa shape index (κ3) is 31.7. The molecule has 8 nitrogen and oxygen atoms in total. The molecule has 0 rings (SSSR count). The quantitative estimate of drug-likeness (QED) is 0.0287. The van der Waals surface area contributed by atoms with Crippen LogP contribution in [0.1, 0.15) is 117 Å². The Hall–Kier alpha value is -1.02. The molecule has 2 unspecified atom stereocenters. The van der Waals surface area contributed by atoms with Gasteiger partial charge in [0.15, 0.2) is 0 Å². The van der Waals surface area contributed by atoms with Gasteiger partial charge in [-0.1, -0.05) is 95.4 Å². The highest BCUT2D eigenvalue weighted by Crippen LogP contribution is 2.38. The molecule has 0 amide bonds. The smallest absolute Gasteiger partial charge is 0.303 e. The van der Waals surface area contributed by atoms with E-state index < -0.39 is 19.9 Å². The zero-order chi connectivity index (χ0) is 30.7. The van der Waals surface area contributed by atoms with Crippen LogP contribution in [0.2, 0.25) is 0 Å². The Balaban J connectivity index is 3.68. The van der Waals surface area contributed by atoms with Crippen LogP contribution in [0, 0.1) is 0 Å². The van der Waals surface area contributed by atoms with E-state index in [1.165, 1.54) is 90.4 Å². The molecule has 0 aromatic carbocycles. The van der Waals surface area contributed by atoms with Gasteiger partial charge < -0.3 is 27.9 Å². The molecular weight excluding hydrogens is 541 g/mol. The number of hydrogen-bond donors (Lipinski definition) is 0. The molecule has 0 bridgehead atoms. The monoisotopic (exact) mass is 603 g/mol. The van der Waals surface area contributed by atoms with E-state index in [1.807, 2.05) is 21.1 Å². The van der Waals surface area contributed by atoms with E-state index in [-0.39, 0.29) is 19.8 Å². The fourth-order valence-corrected chi connectivity index (χ4v) is 4.83. The number of unbranched alkanes of at least 4 members (excludes halogenated alkanes) is 13. The topological polar surface area (TPSA) is 94.1 Å². The van der Waals surface area contributed by atoms with Crippen molar-refractivity contribution in [1.82, 2.24) is 0 Å². The molecule has 0 spiro atoms. The highest BCUT2D eigenvalue weighted by Gasteiger charge is 2.19. The summed E-state index contributed by atoms with van der Waals surface area (Å²) in [4.78, 5) is 23.3. The van der Waals surface area contributed by atoms with Crippen molar-refractivity contribution in [3.05, 3.63) is 24.3 Å². The van der Waals surface area contributed by atoms with Gasteiger partial charge in [0.05, 0.1) is 34.4 Å². The maximum atomic E-state index is 12.0. The van der Waals surface area contributed by atoms with Crippen LogP contribution in [0.5, 0.6) is 0 Å². The number of allylic oxidation sites excluding steroid dienone is 4. The lowest BCUT2D eigenvalue weighted by Gasteiger charge is -2.28. The molecule has 0 aliphatic heterocycles. The molecule has 0 aliphatic carbocycles. The predicted octanol–water partition coefficient (Wildman–Crippen LogP) is 7.52. The Labute approximate surface area is 252 Å². The van der Waals surface area contributed by atoms with Gasteiger partial charge in [-0.05, 0) is 38.5 Å². The number of ether oxygens (including phenoxy) is 2. The number of quaternary nitrogens is 1. The van der Waals surface area contributed by atoms with Gasteiger partial charge in [0.2, 0.25) is 0 Å². The second-order valence-corrected chi connectivity index (χ2v) is 13.3. The van der Waals surface area contributed by atoms with Gasteiger partial charge in [-0.2, -0.15) is 0 Å².